The van der Waals surface area contributed by atoms with E-state index >= 15 is 0 Å². The molecule has 1 amide bonds. The summed E-state index contributed by atoms with van der Waals surface area (Å²) in [6.45, 7) is 0.913. The van der Waals surface area contributed by atoms with E-state index in [2.05, 4.69) is 41.9 Å². The number of carbonyl (C=O) groups is 2. The van der Waals surface area contributed by atoms with E-state index in [4.69, 9.17) is 9.47 Å². The van der Waals surface area contributed by atoms with Gasteiger partial charge in [-0.3, -0.25) is 4.79 Å². The maximum atomic E-state index is 12.9. The number of carboxylic acid groups (broad SMARTS) is 1. The van der Waals surface area contributed by atoms with Crippen molar-refractivity contribution >= 4 is 66.1 Å². The molecule has 1 aliphatic heterocycles. The number of benzene rings is 3. The molecule has 0 bridgehead atoms. The lowest BCUT2D eigenvalue weighted by Crippen LogP contribution is -2.16. The number of nitrogens with one attached hydrogen (secondary N) is 2. The molecule has 0 aromatic heterocycles. The Labute approximate surface area is 208 Å². The predicted octanol–water partition coefficient (Wildman–Crippen LogP) is 5.07. The number of hydrogen-bond acceptors (Lipinski definition) is 5. The number of anilines is 2. The Morgan fingerprint density at radius 2 is 1.67 bits per heavy atom. The van der Waals surface area contributed by atoms with Crippen LogP contribution in [0.4, 0.5) is 11.4 Å². The van der Waals surface area contributed by atoms with Crippen LogP contribution in [0.5, 0.6) is 11.5 Å². The Hall–Kier alpha value is -2.89. The van der Waals surface area contributed by atoms with Crippen molar-refractivity contribution in [3.05, 3.63) is 74.7 Å². The van der Waals surface area contributed by atoms with Crippen LogP contribution in [0, 0.1) is 0 Å². The molecule has 3 aromatic rings. The van der Waals surface area contributed by atoms with Gasteiger partial charge in [0.25, 0.3) is 5.91 Å². The monoisotopic (exact) mass is 594 g/mol. The summed E-state index contributed by atoms with van der Waals surface area (Å²) >= 11 is 6.55. The molecular formula is C22H16Br2N2O6S. The van der Waals surface area contributed by atoms with Crippen LogP contribution in [0.1, 0.15) is 20.7 Å². The summed E-state index contributed by atoms with van der Waals surface area (Å²) in [5, 5.41) is 12.0. The first-order chi connectivity index (χ1) is 15.8. The van der Waals surface area contributed by atoms with Crippen LogP contribution >= 0.6 is 31.9 Å². The van der Waals surface area contributed by atoms with E-state index in [1.54, 1.807) is 36.4 Å². The lowest BCUT2D eigenvalue weighted by Gasteiger charge is -2.19. The number of carbonyl (C=O) groups excluding carboxylic acids is 1. The topological polar surface area (TPSA) is 114 Å². The highest BCUT2D eigenvalue weighted by atomic mass is 79.9. The van der Waals surface area contributed by atoms with Gasteiger partial charge in [0.1, 0.15) is 24.2 Å². The Morgan fingerprint density at radius 3 is 2.42 bits per heavy atom. The van der Waals surface area contributed by atoms with E-state index in [-0.39, 0.29) is 16.8 Å². The highest BCUT2D eigenvalue weighted by Gasteiger charge is 2.18. The van der Waals surface area contributed by atoms with Crippen LogP contribution in [0.3, 0.4) is 0 Å². The largest absolute Gasteiger partial charge is 0.486 e. The standard InChI is InChI=1S/C22H16Br2N2O6S/c23-12-1-5-18(16(9-12)22(28)29)25-21(27)15-11-14(3-4-17(15)24)33(30)26-13-2-6-19-20(10-13)32-8-7-31-19/h1-6,9-11,26H,7-8H2,(H,25,27)(H,28,29). The van der Waals surface area contributed by atoms with Gasteiger partial charge in [-0.2, -0.15) is 0 Å². The quantitative estimate of drug-likeness (QED) is 0.367. The van der Waals surface area contributed by atoms with Crippen molar-refractivity contribution < 1.29 is 28.4 Å². The van der Waals surface area contributed by atoms with Crippen LogP contribution in [0.2, 0.25) is 0 Å². The summed E-state index contributed by atoms with van der Waals surface area (Å²) in [6, 6.07) is 14.4. The average Bonchev–Trinajstić information content (AvgIpc) is 2.80. The zero-order valence-electron chi connectivity index (χ0n) is 16.8. The average molecular weight is 596 g/mol. The molecule has 1 unspecified atom stereocenters. The Kier molecular flexibility index (Phi) is 7.01. The normalized spacial score (nSPS) is 13.2. The molecule has 8 nitrogen and oxygen atoms in total. The third kappa shape index (κ3) is 5.37. The van der Waals surface area contributed by atoms with Gasteiger partial charge < -0.3 is 24.6 Å². The summed E-state index contributed by atoms with van der Waals surface area (Å²) in [5.74, 6) is -0.550. The molecule has 170 valence electrons. The molecule has 3 N–H and O–H groups in total. The molecule has 0 saturated heterocycles. The van der Waals surface area contributed by atoms with Gasteiger partial charge in [-0.05, 0) is 64.5 Å². The van der Waals surface area contributed by atoms with Crippen molar-refractivity contribution in [2.45, 2.75) is 4.90 Å². The minimum absolute atomic E-state index is 0.0612. The number of rotatable bonds is 6. The zero-order chi connectivity index (χ0) is 23.5. The second-order valence-electron chi connectivity index (χ2n) is 6.82. The summed E-state index contributed by atoms with van der Waals surface area (Å²) in [7, 11) is -1.68. The first-order valence-electron chi connectivity index (χ1n) is 9.53. The van der Waals surface area contributed by atoms with Gasteiger partial charge >= 0.3 is 5.97 Å². The smallest absolute Gasteiger partial charge is 0.337 e. The number of amides is 1. The first kappa shape index (κ1) is 23.3. The predicted molar refractivity (Wildman–Crippen MR) is 131 cm³/mol. The second-order valence-corrected chi connectivity index (χ2v) is 9.80. The fourth-order valence-electron chi connectivity index (χ4n) is 3.06. The molecule has 1 aliphatic rings. The third-order valence-corrected chi connectivity index (χ3v) is 6.90. The van der Waals surface area contributed by atoms with Gasteiger partial charge in [0, 0.05) is 15.0 Å². The molecule has 0 aliphatic carbocycles. The van der Waals surface area contributed by atoms with Gasteiger partial charge in [0.05, 0.1) is 27.4 Å². The highest BCUT2D eigenvalue weighted by Crippen LogP contribution is 2.33. The van der Waals surface area contributed by atoms with Gasteiger partial charge in [0.15, 0.2) is 11.5 Å². The van der Waals surface area contributed by atoms with Gasteiger partial charge in [-0.1, -0.05) is 15.9 Å². The fraction of sp³-hybridized carbons (Fsp3) is 0.0909. The van der Waals surface area contributed by atoms with Crippen LogP contribution in [0.25, 0.3) is 0 Å². The van der Waals surface area contributed by atoms with Crippen LogP contribution in [-0.4, -0.2) is 34.4 Å². The van der Waals surface area contributed by atoms with Gasteiger partial charge in [0.2, 0.25) is 0 Å². The maximum Gasteiger partial charge on any atom is 0.337 e. The molecule has 11 heteroatoms. The number of carboxylic acids is 1. The molecular weight excluding hydrogens is 580 g/mol. The second kappa shape index (κ2) is 9.94. The fourth-order valence-corrected chi connectivity index (χ4v) is 4.72. The number of ether oxygens (including phenoxy) is 2. The molecule has 4 rings (SSSR count). The zero-order valence-corrected chi connectivity index (χ0v) is 20.8. The van der Waals surface area contributed by atoms with Crippen LogP contribution in [-0.2, 0) is 11.0 Å². The van der Waals surface area contributed by atoms with Gasteiger partial charge in [-0.15, -0.1) is 0 Å². The van der Waals surface area contributed by atoms with E-state index in [1.165, 1.54) is 18.2 Å². The molecule has 33 heavy (non-hydrogen) atoms. The molecule has 3 aromatic carbocycles. The molecule has 0 fully saturated rings. The van der Waals surface area contributed by atoms with E-state index < -0.39 is 22.9 Å². The molecule has 0 spiro atoms. The summed E-state index contributed by atoms with van der Waals surface area (Å²) in [5.41, 5.74) is 0.842. The highest BCUT2D eigenvalue weighted by molar-refractivity contribution is 9.10. The van der Waals surface area contributed by atoms with Gasteiger partial charge in [-0.25, -0.2) is 9.00 Å². The minimum atomic E-state index is -1.68. The number of fused-ring (bicyclic) bond motifs is 1. The van der Waals surface area contributed by atoms with E-state index in [0.29, 0.717) is 44.2 Å². The third-order valence-electron chi connectivity index (χ3n) is 4.61. The van der Waals surface area contributed by atoms with Crippen molar-refractivity contribution in [3.8, 4) is 11.5 Å². The molecule has 1 heterocycles. The van der Waals surface area contributed by atoms with Crippen LogP contribution < -0.4 is 19.5 Å². The minimum Gasteiger partial charge on any atom is -0.486 e. The van der Waals surface area contributed by atoms with Crippen molar-refractivity contribution in [3.63, 3.8) is 0 Å². The summed E-state index contributed by atoms with van der Waals surface area (Å²) in [4.78, 5) is 24.8. The van der Waals surface area contributed by atoms with Crippen molar-refractivity contribution in [1.82, 2.24) is 0 Å². The van der Waals surface area contributed by atoms with Crippen LogP contribution in [0.15, 0.2) is 68.4 Å². The maximum absolute atomic E-state index is 12.9. The Balaban J connectivity index is 1.55. The molecule has 0 saturated carbocycles. The van der Waals surface area contributed by atoms with E-state index in [9.17, 15) is 18.9 Å². The number of halogens is 2. The Bertz CT molecular complexity index is 1280. The van der Waals surface area contributed by atoms with E-state index in [0.717, 1.165) is 0 Å². The SMILES string of the molecule is O=C(Nc1ccc(Br)cc1C(=O)O)c1cc(S(=O)Nc2ccc3c(c2)OCCO3)ccc1Br. The number of aromatic carboxylic acids is 1. The lowest BCUT2D eigenvalue weighted by molar-refractivity contribution is 0.0698. The Morgan fingerprint density at radius 1 is 0.909 bits per heavy atom. The number of hydrogen-bond donors (Lipinski definition) is 3. The van der Waals surface area contributed by atoms with Crippen molar-refractivity contribution in [2.24, 2.45) is 0 Å². The summed E-state index contributed by atoms with van der Waals surface area (Å²) in [6.07, 6.45) is 0. The van der Waals surface area contributed by atoms with Crippen molar-refractivity contribution in [1.29, 1.82) is 0 Å². The summed E-state index contributed by atoms with van der Waals surface area (Å²) < 4.78 is 27.8. The molecule has 0 radical (unpaired) electrons. The van der Waals surface area contributed by atoms with Crippen molar-refractivity contribution in [2.75, 3.05) is 23.3 Å². The lowest BCUT2D eigenvalue weighted by atomic mass is 10.1. The first-order valence-corrected chi connectivity index (χ1v) is 12.3. The van der Waals surface area contributed by atoms with E-state index in [1.807, 2.05) is 0 Å². The molecule has 1 atom stereocenters.